The van der Waals surface area contributed by atoms with Gasteiger partial charge < -0.3 is 5.73 Å². The van der Waals surface area contributed by atoms with E-state index in [1.54, 1.807) is 0 Å². The van der Waals surface area contributed by atoms with Gasteiger partial charge in [-0.2, -0.15) is 0 Å². The lowest BCUT2D eigenvalue weighted by Crippen LogP contribution is -2.29. The van der Waals surface area contributed by atoms with Gasteiger partial charge in [0, 0.05) is 6.42 Å². The lowest BCUT2D eigenvalue weighted by molar-refractivity contribution is -0.120. The summed E-state index contributed by atoms with van der Waals surface area (Å²) in [6.45, 7) is 2.06. The predicted octanol–water partition coefficient (Wildman–Crippen LogP) is 1.87. The second kappa shape index (κ2) is 4.61. The van der Waals surface area contributed by atoms with E-state index in [1.807, 2.05) is 0 Å². The number of carbonyl (C=O) groups excluding carboxylic acids is 1. The lowest BCUT2D eigenvalue weighted by Gasteiger charge is -2.07. The van der Waals surface area contributed by atoms with Crippen molar-refractivity contribution in [3.63, 3.8) is 0 Å². The molecule has 0 aromatic rings. The van der Waals surface area contributed by atoms with Gasteiger partial charge in [-0.05, 0) is 18.8 Å². The monoisotopic (exact) mass is 169 g/mol. The van der Waals surface area contributed by atoms with Gasteiger partial charge in [0.05, 0.1) is 6.04 Å². The molecule has 2 N–H and O–H groups in total. The Morgan fingerprint density at radius 2 is 2.25 bits per heavy atom. The summed E-state index contributed by atoms with van der Waals surface area (Å²) in [7, 11) is 0. The van der Waals surface area contributed by atoms with E-state index in [0.717, 1.165) is 25.2 Å². The van der Waals surface area contributed by atoms with Crippen LogP contribution in [-0.2, 0) is 4.79 Å². The van der Waals surface area contributed by atoms with E-state index in [9.17, 15) is 4.79 Å². The van der Waals surface area contributed by atoms with E-state index < -0.39 is 0 Å². The van der Waals surface area contributed by atoms with Crippen molar-refractivity contribution in [1.82, 2.24) is 0 Å². The average Bonchev–Trinajstić information content (AvgIpc) is 2.83. The van der Waals surface area contributed by atoms with Crippen LogP contribution in [0, 0.1) is 5.92 Å². The zero-order valence-electron chi connectivity index (χ0n) is 7.88. The SMILES string of the molecule is CCCC(N)C(=O)CCC1CC1. The molecule has 1 rings (SSSR count). The minimum atomic E-state index is -0.186. The Kier molecular flexibility index (Phi) is 3.73. The largest absolute Gasteiger partial charge is 0.322 e. The number of nitrogens with two attached hydrogens (primary N) is 1. The zero-order valence-corrected chi connectivity index (χ0v) is 7.88. The van der Waals surface area contributed by atoms with Crippen molar-refractivity contribution in [2.75, 3.05) is 0 Å². The first-order valence-electron chi connectivity index (χ1n) is 5.02. The van der Waals surface area contributed by atoms with Crippen molar-refractivity contribution in [1.29, 1.82) is 0 Å². The maximum atomic E-state index is 11.3. The molecule has 2 nitrogen and oxygen atoms in total. The van der Waals surface area contributed by atoms with Crippen molar-refractivity contribution in [2.24, 2.45) is 11.7 Å². The summed E-state index contributed by atoms with van der Waals surface area (Å²) in [6.07, 6.45) is 6.31. The summed E-state index contributed by atoms with van der Waals surface area (Å²) < 4.78 is 0. The van der Waals surface area contributed by atoms with Crippen LogP contribution in [0.5, 0.6) is 0 Å². The normalized spacial score (nSPS) is 19.2. The highest BCUT2D eigenvalue weighted by molar-refractivity contribution is 5.83. The predicted molar refractivity (Wildman–Crippen MR) is 49.8 cm³/mol. The molecular formula is C10H19NO. The maximum absolute atomic E-state index is 11.3. The van der Waals surface area contributed by atoms with Gasteiger partial charge in [0.25, 0.3) is 0 Å². The van der Waals surface area contributed by atoms with Gasteiger partial charge in [0.1, 0.15) is 5.78 Å². The van der Waals surface area contributed by atoms with Crippen molar-refractivity contribution in [2.45, 2.75) is 51.5 Å². The molecule has 70 valence electrons. The topological polar surface area (TPSA) is 43.1 Å². The molecule has 0 spiro atoms. The van der Waals surface area contributed by atoms with Crippen LogP contribution in [0.2, 0.25) is 0 Å². The molecule has 1 atom stereocenters. The van der Waals surface area contributed by atoms with Crippen molar-refractivity contribution < 1.29 is 4.79 Å². The van der Waals surface area contributed by atoms with Crippen LogP contribution < -0.4 is 5.73 Å². The summed E-state index contributed by atoms with van der Waals surface area (Å²) in [5.41, 5.74) is 5.68. The lowest BCUT2D eigenvalue weighted by atomic mass is 10.0. The van der Waals surface area contributed by atoms with Crippen LogP contribution in [0.4, 0.5) is 0 Å². The standard InChI is InChI=1S/C10H19NO/c1-2-3-9(11)10(12)7-6-8-4-5-8/h8-9H,2-7,11H2,1H3. The fraction of sp³-hybridized carbons (Fsp3) is 0.900. The Balaban J connectivity index is 2.07. The van der Waals surface area contributed by atoms with Crippen LogP contribution in [0.1, 0.15) is 45.4 Å². The molecule has 1 aliphatic carbocycles. The third-order valence-electron chi connectivity index (χ3n) is 2.51. The molecule has 0 amide bonds. The van der Waals surface area contributed by atoms with Crippen LogP contribution in [0.25, 0.3) is 0 Å². The fourth-order valence-electron chi connectivity index (χ4n) is 1.41. The number of Topliss-reactive ketones (excluding diaryl/α,β-unsaturated/α-hetero) is 1. The molecule has 1 aliphatic rings. The first kappa shape index (κ1) is 9.72. The summed E-state index contributed by atoms with van der Waals surface area (Å²) in [5.74, 6) is 1.12. The molecule has 0 aromatic carbocycles. The maximum Gasteiger partial charge on any atom is 0.149 e. The molecule has 0 bridgehead atoms. The highest BCUT2D eigenvalue weighted by atomic mass is 16.1. The van der Waals surface area contributed by atoms with Crippen LogP contribution in [0.3, 0.4) is 0 Å². The van der Waals surface area contributed by atoms with Crippen molar-refractivity contribution in [3.05, 3.63) is 0 Å². The highest BCUT2D eigenvalue weighted by Gasteiger charge is 2.23. The molecule has 12 heavy (non-hydrogen) atoms. The van der Waals surface area contributed by atoms with Gasteiger partial charge >= 0.3 is 0 Å². The molecule has 0 aromatic heterocycles. The fourth-order valence-corrected chi connectivity index (χ4v) is 1.41. The summed E-state index contributed by atoms with van der Waals surface area (Å²) in [6, 6.07) is -0.186. The minimum absolute atomic E-state index is 0.186. The van der Waals surface area contributed by atoms with E-state index in [-0.39, 0.29) is 11.8 Å². The second-order valence-electron chi connectivity index (χ2n) is 3.84. The molecule has 2 heteroatoms. The first-order valence-corrected chi connectivity index (χ1v) is 5.02. The number of hydrogen-bond donors (Lipinski definition) is 1. The molecule has 0 aliphatic heterocycles. The van der Waals surface area contributed by atoms with E-state index in [0.29, 0.717) is 6.42 Å². The quantitative estimate of drug-likeness (QED) is 0.659. The van der Waals surface area contributed by atoms with E-state index >= 15 is 0 Å². The Morgan fingerprint density at radius 3 is 2.75 bits per heavy atom. The van der Waals surface area contributed by atoms with Crippen molar-refractivity contribution in [3.8, 4) is 0 Å². The molecule has 1 saturated carbocycles. The summed E-state index contributed by atoms with van der Waals surface area (Å²) in [5, 5.41) is 0. The van der Waals surface area contributed by atoms with Gasteiger partial charge in [0.2, 0.25) is 0 Å². The van der Waals surface area contributed by atoms with Crippen molar-refractivity contribution >= 4 is 5.78 Å². The molecule has 0 saturated heterocycles. The van der Waals surface area contributed by atoms with Crippen LogP contribution in [-0.4, -0.2) is 11.8 Å². The first-order chi connectivity index (χ1) is 5.74. The molecule has 0 radical (unpaired) electrons. The number of ketones is 1. The molecular weight excluding hydrogens is 150 g/mol. The smallest absolute Gasteiger partial charge is 0.149 e. The minimum Gasteiger partial charge on any atom is -0.322 e. The van der Waals surface area contributed by atoms with Crippen LogP contribution in [0.15, 0.2) is 0 Å². The van der Waals surface area contributed by atoms with E-state index in [4.69, 9.17) is 5.73 Å². The highest BCUT2D eigenvalue weighted by Crippen LogP contribution is 2.33. The summed E-state index contributed by atoms with van der Waals surface area (Å²) >= 11 is 0. The van der Waals surface area contributed by atoms with Gasteiger partial charge in [-0.15, -0.1) is 0 Å². The Morgan fingerprint density at radius 1 is 1.58 bits per heavy atom. The Hall–Kier alpha value is -0.370. The number of rotatable bonds is 6. The second-order valence-corrected chi connectivity index (χ2v) is 3.84. The molecule has 0 heterocycles. The average molecular weight is 169 g/mol. The van der Waals surface area contributed by atoms with Crippen LogP contribution >= 0.6 is 0 Å². The van der Waals surface area contributed by atoms with Gasteiger partial charge in [-0.1, -0.05) is 26.2 Å². The number of hydrogen-bond acceptors (Lipinski definition) is 2. The third-order valence-corrected chi connectivity index (χ3v) is 2.51. The van der Waals surface area contributed by atoms with Gasteiger partial charge in [-0.3, -0.25) is 4.79 Å². The number of carbonyl (C=O) groups is 1. The van der Waals surface area contributed by atoms with E-state index in [2.05, 4.69) is 6.92 Å². The zero-order chi connectivity index (χ0) is 8.97. The Labute approximate surface area is 74.5 Å². The molecule has 1 fully saturated rings. The summed E-state index contributed by atoms with van der Waals surface area (Å²) in [4.78, 5) is 11.3. The van der Waals surface area contributed by atoms with Gasteiger partial charge in [-0.25, -0.2) is 0 Å². The van der Waals surface area contributed by atoms with E-state index in [1.165, 1.54) is 12.8 Å². The third kappa shape index (κ3) is 3.35. The molecule has 1 unspecified atom stereocenters. The Bertz CT molecular complexity index is 152. The van der Waals surface area contributed by atoms with Gasteiger partial charge in [0.15, 0.2) is 0 Å².